The number of carbonyl (C=O) groups excluding carboxylic acids is 2. The molecule has 2 bridgehead atoms. The number of fused-ring (bicyclic) bond motifs is 5. The molecule has 0 aromatic heterocycles. The molecule has 1 saturated heterocycles. The average Bonchev–Trinajstić information content (AvgIpc) is 3.27. The Morgan fingerprint density at radius 2 is 1.73 bits per heavy atom. The molecule has 0 spiro atoms. The number of carbonyl (C=O) groups is 2. The van der Waals surface area contributed by atoms with Gasteiger partial charge in [0.1, 0.15) is 12.4 Å². The number of hydrogen-bond acceptors (Lipinski definition) is 4. The number of imide groups is 1. The SMILES string of the molecule is C=CCOc1c(Br)cc(C=NN2C(=O)[C@@H]3[C@H](C2=O)[C@H]2C=C[C@H]3C2)cc1Br. The van der Waals surface area contributed by atoms with Gasteiger partial charge >= 0.3 is 0 Å². The van der Waals surface area contributed by atoms with Crippen LogP contribution in [0.5, 0.6) is 5.75 Å². The predicted octanol–water partition coefficient (Wildman–Crippen LogP) is 3.92. The van der Waals surface area contributed by atoms with Crippen molar-refractivity contribution >= 4 is 49.9 Å². The maximum atomic E-state index is 12.6. The smallest absolute Gasteiger partial charge is 0.254 e. The van der Waals surface area contributed by atoms with Crippen LogP contribution in [0.4, 0.5) is 0 Å². The molecule has 0 unspecified atom stereocenters. The Labute approximate surface area is 168 Å². The van der Waals surface area contributed by atoms with Crippen LogP contribution in [0, 0.1) is 23.7 Å². The van der Waals surface area contributed by atoms with Crippen LogP contribution in [0.3, 0.4) is 0 Å². The lowest BCUT2D eigenvalue weighted by Gasteiger charge is -2.13. The molecule has 1 heterocycles. The Bertz CT molecular complexity index is 811. The van der Waals surface area contributed by atoms with E-state index in [-0.39, 0.29) is 35.5 Å². The summed E-state index contributed by atoms with van der Waals surface area (Å²) in [6, 6.07) is 3.65. The molecule has 7 heteroatoms. The zero-order chi connectivity index (χ0) is 18.4. The van der Waals surface area contributed by atoms with E-state index in [1.165, 1.54) is 6.21 Å². The number of ether oxygens (including phenoxy) is 1. The highest BCUT2D eigenvalue weighted by atomic mass is 79.9. The zero-order valence-corrected chi connectivity index (χ0v) is 16.9. The molecule has 134 valence electrons. The number of benzene rings is 1. The van der Waals surface area contributed by atoms with Gasteiger partial charge in [0.05, 0.1) is 27.0 Å². The number of halogens is 2. The third-order valence-electron chi connectivity index (χ3n) is 5.14. The van der Waals surface area contributed by atoms with Crippen LogP contribution >= 0.6 is 31.9 Å². The molecule has 1 saturated carbocycles. The molecular weight excluding hydrogens is 464 g/mol. The first kappa shape index (κ1) is 17.7. The fraction of sp³-hybridized carbons (Fsp3) is 0.316. The standard InChI is InChI=1S/C19H16Br2N2O3/c1-2-5-26-17-13(20)6-10(7-14(17)21)9-22-23-18(24)15-11-3-4-12(8-11)16(15)19(23)25/h2-4,6-7,9,11-12,15-16H,1,5,8H2/t11-,12-,15-,16+/m0/s1. The van der Waals surface area contributed by atoms with Gasteiger partial charge in [0, 0.05) is 0 Å². The summed E-state index contributed by atoms with van der Waals surface area (Å²) in [6.07, 6.45) is 8.24. The highest BCUT2D eigenvalue weighted by molar-refractivity contribution is 9.11. The predicted molar refractivity (Wildman–Crippen MR) is 105 cm³/mol. The second-order valence-corrected chi connectivity index (χ2v) is 8.35. The van der Waals surface area contributed by atoms with Crippen molar-refractivity contribution < 1.29 is 14.3 Å². The summed E-state index contributed by atoms with van der Waals surface area (Å²) < 4.78 is 7.07. The first-order valence-corrected chi connectivity index (χ1v) is 9.92. The zero-order valence-electron chi connectivity index (χ0n) is 13.8. The summed E-state index contributed by atoms with van der Waals surface area (Å²) >= 11 is 6.92. The van der Waals surface area contributed by atoms with Gasteiger partial charge in [-0.1, -0.05) is 24.8 Å². The molecule has 2 aliphatic carbocycles. The third-order valence-corrected chi connectivity index (χ3v) is 6.31. The number of allylic oxidation sites excluding steroid dienone is 2. The summed E-state index contributed by atoms with van der Waals surface area (Å²) in [5.74, 6) is 0.199. The van der Waals surface area contributed by atoms with Crippen molar-refractivity contribution in [1.29, 1.82) is 0 Å². The fourth-order valence-corrected chi connectivity index (χ4v) is 5.51. The summed E-state index contributed by atoms with van der Waals surface area (Å²) in [5.41, 5.74) is 0.744. The second kappa shape index (κ2) is 6.78. The van der Waals surface area contributed by atoms with Gasteiger partial charge in [-0.25, -0.2) is 0 Å². The van der Waals surface area contributed by atoms with Crippen LogP contribution in [0.15, 0.2) is 51.0 Å². The van der Waals surface area contributed by atoms with Gasteiger partial charge in [-0.15, -0.1) is 0 Å². The first-order valence-electron chi connectivity index (χ1n) is 8.34. The quantitative estimate of drug-likeness (QED) is 0.365. The Hall–Kier alpha value is -1.73. The maximum absolute atomic E-state index is 12.6. The fourth-order valence-electron chi connectivity index (χ4n) is 4.06. The lowest BCUT2D eigenvalue weighted by Crippen LogP contribution is -2.28. The highest BCUT2D eigenvalue weighted by Gasteiger charge is 2.59. The molecular formula is C19H16Br2N2O3. The summed E-state index contributed by atoms with van der Waals surface area (Å²) in [4.78, 5) is 25.2. The van der Waals surface area contributed by atoms with Crippen molar-refractivity contribution in [2.24, 2.45) is 28.8 Å². The van der Waals surface area contributed by atoms with Crippen LogP contribution < -0.4 is 4.74 Å². The van der Waals surface area contributed by atoms with Gasteiger partial charge in [0.2, 0.25) is 0 Å². The highest BCUT2D eigenvalue weighted by Crippen LogP contribution is 2.52. The third kappa shape index (κ3) is 2.77. The minimum atomic E-state index is -0.234. The minimum Gasteiger partial charge on any atom is -0.487 e. The Balaban J connectivity index is 1.55. The molecule has 0 N–H and O–H groups in total. The Morgan fingerprint density at radius 1 is 1.15 bits per heavy atom. The lowest BCUT2D eigenvalue weighted by molar-refractivity contribution is -0.140. The van der Waals surface area contributed by atoms with Gasteiger partial charge in [0.25, 0.3) is 11.8 Å². The van der Waals surface area contributed by atoms with E-state index in [4.69, 9.17) is 4.74 Å². The van der Waals surface area contributed by atoms with Crippen LogP contribution in [-0.4, -0.2) is 29.6 Å². The normalized spacial score (nSPS) is 29.1. The van der Waals surface area contributed by atoms with Crippen molar-refractivity contribution in [3.63, 3.8) is 0 Å². The molecule has 1 aliphatic heterocycles. The largest absolute Gasteiger partial charge is 0.487 e. The van der Waals surface area contributed by atoms with E-state index in [2.05, 4.69) is 55.7 Å². The van der Waals surface area contributed by atoms with Gasteiger partial charge in [-0.05, 0) is 67.8 Å². The molecule has 2 fully saturated rings. The van der Waals surface area contributed by atoms with Gasteiger partial charge in [0.15, 0.2) is 0 Å². The molecule has 1 aromatic carbocycles. The Kier molecular flexibility index (Phi) is 4.61. The van der Waals surface area contributed by atoms with Gasteiger partial charge in [-0.2, -0.15) is 10.1 Å². The van der Waals surface area contributed by atoms with Crippen molar-refractivity contribution in [2.45, 2.75) is 6.42 Å². The van der Waals surface area contributed by atoms with Crippen molar-refractivity contribution in [2.75, 3.05) is 6.61 Å². The van der Waals surface area contributed by atoms with Crippen LogP contribution in [-0.2, 0) is 9.59 Å². The lowest BCUT2D eigenvalue weighted by atomic mass is 9.85. The van der Waals surface area contributed by atoms with E-state index < -0.39 is 0 Å². The van der Waals surface area contributed by atoms with E-state index in [0.717, 1.165) is 25.9 Å². The topological polar surface area (TPSA) is 59.0 Å². The average molecular weight is 480 g/mol. The summed E-state index contributed by atoms with van der Waals surface area (Å²) in [6.45, 7) is 4.02. The molecule has 3 aliphatic rings. The maximum Gasteiger partial charge on any atom is 0.254 e. The first-order chi connectivity index (χ1) is 12.5. The number of rotatable bonds is 5. The molecule has 26 heavy (non-hydrogen) atoms. The van der Waals surface area contributed by atoms with Gasteiger partial charge < -0.3 is 4.74 Å². The van der Waals surface area contributed by atoms with Gasteiger partial charge in [-0.3, -0.25) is 9.59 Å². The molecule has 2 amide bonds. The van der Waals surface area contributed by atoms with E-state index in [9.17, 15) is 9.59 Å². The van der Waals surface area contributed by atoms with E-state index >= 15 is 0 Å². The minimum absolute atomic E-state index is 0.183. The molecule has 4 atom stereocenters. The van der Waals surface area contributed by atoms with Crippen molar-refractivity contribution in [3.8, 4) is 5.75 Å². The van der Waals surface area contributed by atoms with E-state index in [1.807, 2.05) is 12.1 Å². The number of hydrazone groups is 1. The molecule has 1 aromatic rings. The van der Waals surface area contributed by atoms with Crippen molar-refractivity contribution in [3.05, 3.63) is 51.4 Å². The monoisotopic (exact) mass is 478 g/mol. The number of hydrogen-bond donors (Lipinski definition) is 0. The van der Waals surface area contributed by atoms with E-state index in [0.29, 0.717) is 12.4 Å². The summed E-state index contributed by atoms with van der Waals surface area (Å²) in [7, 11) is 0. The molecule has 5 nitrogen and oxygen atoms in total. The van der Waals surface area contributed by atoms with Crippen LogP contribution in [0.1, 0.15) is 12.0 Å². The molecule has 4 rings (SSSR count). The van der Waals surface area contributed by atoms with Crippen LogP contribution in [0.2, 0.25) is 0 Å². The summed E-state index contributed by atoms with van der Waals surface area (Å²) in [5, 5.41) is 5.24. The second-order valence-electron chi connectivity index (χ2n) is 6.65. The van der Waals surface area contributed by atoms with E-state index in [1.54, 1.807) is 6.08 Å². The van der Waals surface area contributed by atoms with Crippen LogP contribution in [0.25, 0.3) is 0 Å². The number of nitrogens with zero attached hydrogens (tertiary/aromatic N) is 2. The van der Waals surface area contributed by atoms with Crippen molar-refractivity contribution in [1.82, 2.24) is 5.01 Å². The number of amides is 2. The Morgan fingerprint density at radius 3 is 2.27 bits per heavy atom. The molecule has 0 radical (unpaired) electrons.